The zero-order valence-corrected chi connectivity index (χ0v) is 17.8. The molecule has 0 radical (unpaired) electrons. The average molecular weight is 413 g/mol. The summed E-state index contributed by atoms with van der Waals surface area (Å²) in [6.45, 7) is 4.48. The van der Waals surface area contributed by atoms with E-state index < -0.39 is 15.1 Å². The monoisotopic (exact) mass is 412 g/mol. The molecule has 2 atom stereocenters. The Kier molecular flexibility index (Phi) is 5.54. The van der Waals surface area contributed by atoms with E-state index in [2.05, 4.69) is 13.0 Å². The Hall–Kier alpha value is -2.11. The molecule has 29 heavy (non-hydrogen) atoms. The molecule has 2 aromatic carbocycles. The molecule has 2 aliphatic heterocycles. The SMILES string of the molecule is CCC1=C2[C@@H](CC/C(=C/c3ccc(O)c4ccccc34)CC)OC[C@@H]2S(=O)(=O)C1. The van der Waals surface area contributed by atoms with Crippen molar-refractivity contribution in [3.05, 3.63) is 58.7 Å². The van der Waals surface area contributed by atoms with E-state index in [0.717, 1.165) is 53.2 Å². The fraction of sp³-hybridized carbons (Fsp3) is 0.417. The fourth-order valence-electron chi connectivity index (χ4n) is 4.63. The molecule has 1 fully saturated rings. The second kappa shape index (κ2) is 7.96. The molecule has 2 aliphatic rings. The molecule has 154 valence electrons. The van der Waals surface area contributed by atoms with Crippen LogP contribution in [0.4, 0.5) is 0 Å². The lowest BCUT2D eigenvalue weighted by Crippen LogP contribution is -2.19. The molecular formula is C24H28O4S. The first kappa shape index (κ1) is 20.2. The third kappa shape index (κ3) is 3.74. The van der Waals surface area contributed by atoms with Gasteiger partial charge in [0.2, 0.25) is 0 Å². The van der Waals surface area contributed by atoms with Crippen LogP contribution >= 0.6 is 0 Å². The van der Waals surface area contributed by atoms with Gasteiger partial charge < -0.3 is 9.84 Å². The maximum absolute atomic E-state index is 12.4. The van der Waals surface area contributed by atoms with Gasteiger partial charge in [0, 0.05) is 5.39 Å². The third-order valence-corrected chi connectivity index (χ3v) is 8.27. The largest absolute Gasteiger partial charge is 0.507 e. The van der Waals surface area contributed by atoms with Crippen molar-refractivity contribution in [2.24, 2.45) is 0 Å². The zero-order valence-electron chi connectivity index (χ0n) is 17.0. The molecular weight excluding hydrogens is 384 g/mol. The van der Waals surface area contributed by atoms with E-state index in [1.165, 1.54) is 5.57 Å². The Morgan fingerprint density at radius 3 is 2.66 bits per heavy atom. The highest BCUT2D eigenvalue weighted by atomic mass is 32.2. The summed E-state index contributed by atoms with van der Waals surface area (Å²) in [6, 6.07) is 11.6. The van der Waals surface area contributed by atoms with Crippen molar-refractivity contribution in [1.29, 1.82) is 0 Å². The highest BCUT2D eigenvalue weighted by molar-refractivity contribution is 7.92. The molecule has 1 N–H and O–H groups in total. The molecule has 0 amide bonds. The minimum Gasteiger partial charge on any atom is -0.507 e. The number of aromatic hydroxyl groups is 1. The van der Waals surface area contributed by atoms with E-state index in [9.17, 15) is 13.5 Å². The van der Waals surface area contributed by atoms with E-state index in [4.69, 9.17) is 4.74 Å². The molecule has 2 heterocycles. The topological polar surface area (TPSA) is 63.6 Å². The van der Waals surface area contributed by atoms with Crippen LogP contribution in [0.3, 0.4) is 0 Å². The molecule has 0 saturated carbocycles. The molecule has 4 nitrogen and oxygen atoms in total. The van der Waals surface area contributed by atoms with Gasteiger partial charge in [0.15, 0.2) is 9.84 Å². The van der Waals surface area contributed by atoms with E-state index >= 15 is 0 Å². The van der Waals surface area contributed by atoms with Crippen molar-refractivity contribution in [1.82, 2.24) is 0 Å². The van der Waals surface area contributed by atoms with Crippen LogP contribution in [0.5, 0.6) is 5.75 Å². The van der Waals surface area contributed by atoms with Gasteiger partial charge in [-0.15, -0.1) is 0 Å². The number of sulfone groups is 1. The van der Waals surface area contributed by atoms with Crippen LogP contribution in [-0.2, 0) is 14.6 Å². The molecule has 1 saturated heterocycles. The summed E-state index contributed by atoms with van der Waals surface area (Å²) in [6.07, 6.45) is 5.49. The Balaban J connectivity index is 1.56. The van der Waals surface area contributed by atoms with Crippen LogP contribution in [-0.4, -0.2) is 37.2 Å². The van der Waals surface area contributed by atoms with E-state index in [1.54, 1.807) is 6.07 Å². The molecule has 2 aromatic rings. The first-order chi connectivity index (χ1) is 13.9. The maximum Gasteiger partial charge on any atom is 0.163 e. The van der Waals surface area contributed by atoms with Gasteiger partial charge in [-0.25, -0.2) is 8.42 Å². The Morgan fingerprint density at radius 1 is 1.17 bits per heavy atom. The second-order valence-corrected chi connectivity index (χ2v) is 10.1. The number of allylic oxidation sites excluding steroid dienone is 1. The van der Waals surface area contributed by atoms with E-state index in [0.29, 0.717) is 12.4 Å². The predicted octanol–water partition coefficient (Wildman–Crippen LogP) is 5.02. The van der Waals surface area contributed by atoms with Crippen LogP contribution < -0.4 is 0 Å². The third-order valence-electron chi connectivity index (χ3n) is 6.26. The van der Waals surface area contributed by atoms with Crippen molar-refractivity contribution < 1.29 is 18.3 Å². The first-order valence-electron chi connectivity index (χ1n) is 10.4. The van der Waals surface area contributed by atoms with E-state index in [1.807, 2.05) is 37.3 Å². The normalized spacial score (nSPS) is 23.7. The maximum atomic E-state index is 12.4. The lowest BCUT2D eigenvalue weighted by molar-refractivity contribution is 0.117. The summed E-state index contributed by atoms with van der Waals surface area (Å²) >= 11 is 0. The zero-order chi connectivity index (χ0) is 20.6. The molecule has 0 aromatic heterocycles. The summed E-state index contributed by atoms with van der Waals surface area (Å²) < 4.78 is 30.7. The van der Waals surface area contributed by atoms with Gasteiger partial charge in [-0.1, -0.05) is 61.4 Å². The number of hydrogen-bond acceptors (Lipinski definition) is 4. The Morgan fingerprint density at radius 2 is 1.93 bits per heavy atom. The first-order valence-corrected chi connectivity index (χ1v) is 12.1. The molecule has 0 spiro atoms. The van der Waals surface area contributed by atoms with Crippen LogP contribution in [0.25, 0.3) is 16.8 Å². The number of fused-ring (bicyclic) bond motifs is 2. The van der Waals surface area contributed by atoms with Crippen LogP contribution in [0, 0.1) is 0 Å². The van der Waals surface area contributed by atoms with Gasteiger partial charge in [-0.3, -0.25) is 0 Å². The van der Waals surface area contributed by atoms with Gasteiger partial charge >= 0.3 is 0 Å². The minimum atomic E-state index is -3.08. The van der Waals surface area contributed by atoms with Gasteiger partial charge in [-0.05, 0) is 48.3 Å². The van der Waals surface area contributed by atoms with Crippen molar-refractivity contribution in [2.75, 3.05) is 12.4 Å². The van der Waals surface area contributed by atoms with Crippen LogP contribution in [0.1, 0.15) is 45.1 Å². The summed E-state index contributed by atoms with van der Waals surface area (Å²) in [5.74, 6) is 0.502. The minimum absolute atomic E-state index is 0.0845. The number of hydrogen-bond donors (Lipinski definition) is 1. The summed E-state index contributed by atoms with van der Waals surface area (Å²) in [5, 5.41) is 11.6. The Labute approximate surface area is 172 Å². The second-order valence-electron chi connectivity index (χ2n) is 7.94. The molecule has 4 rings (SSSR count). The smallest absolute Gasteiger partial charge is 0.163 e. The summed E-state index contributed by atoms with van der Waals surface area (Å²) in [7, 11) is -3.08. The molecule has 0 unspecified atom stereocenters. The van der Waals surface area contributed by atoms with Gasteiger partial charge in [0.25, 0.3) is 0 Å². The number of phenolic OH excluding ortho intramolecular Hbond substituents is 1. The van der Waals surface area contributed by atoms with Gasteiger partial charge in [0.1, 0.15) is 11.0 Å². The standard InChI is InChI=1S/C24H28O4S/c1-3-16(13-18-10-11-21(25)20-8-6-5-7-19(18)20)9-12-22-24-17(4-2)15-29(26,27)23(24)14-28-22/h5-8,10-11,13,22-23,25H,3-4,9,12,14-15H2,1-2H3/b16-13+/t22-,23+/m1/s1. The number of rotatable bonds is 6. The highest BCUT2D eigenvalue weighted by Crippen LogP contribution is 2.39. The molecule has 5 heteroatoms. The number of benzene rings is 2. The molecule has 0 aliphatic carbocycles. The number of phenols is 1. The van der Waals surface area contributed by atoms with E-state index in [-0.39, 0.29) is 11.9 Å². The highest BCUT2D eigenvalue weighted by Gasteiger charge is 2.46. The average Bonchev–Trinajstić information content (AvgIpc) is 3.26. The predicted molar refractivity (Wildman–Crippen MR) is 118 cm³/mol. The van der Waals surface area contributed by atoms with Crippen molar-refractivity contribution in [3.63, 3.8) is 0 Å². The van der Waals surface area contributed by atoms with Crippen molar-refractivity contribution >= 4 is 26.7 Å². The van der Waals surface area contributed by atoms with Crippen molar-refractivity contribution in [2.45, 2.75) is 50.9 Å². The number of ether oxygens (including phenoxy) is 1. The van der Waals surface area contributed by atoms with Crippen molar-refractivity contribution in [3.8, 4) is 5.75 Å². The van der Waals surface area contributed by atoms with Crippen LogP contribution in [0.2, 0.25) is 0 Å². The Bertz CT molecular complexity index is 1100. The summed E-state index contributed by atoms with van der Waals surface area (Å²) in [5.41, 5.74) is 4.49. The summed E-state index contributed by atoms with van der Waals surface area (Å²) in [4.78, 5) is 0. The van der Waals surface area contributed by atoms with Gasteiger partial charge in [-0.2, -0.15) is 0 Å². The fourth-order valence-corrected chi connectivity index (χ4v) is 6.68. The van der Waals surface area contributed by atoms with Gasteiger partial charge in [0.05, 0.1) is 18.5 Å². The lowest BCUT2D eigenvalue weighted by atomic mass is 9.94. The molecule has 0 bridgehead atoms. The quantitative estimate of drug-likeness (QED) is 0.677. The lowest BCUT2D eigenvalue weighted by Gasteiger charge is -2.15. The van der Waals surface area contributed by atoms with Crippen LogP contribution in [0.15, 0.2) is 53.1 Å².